The van der Waals surface area contributed by atoms with Gasteiger partial charge in [-0.05, 0) is 0 Å². The number of carbonyl (C=O) groups is 4. The van der Waals surface area contributed by atoms with Crippen molar-refractivity contribution in [2.75, 3.05) is 26.4 Å². The smallest absolute Gasteiger partial charge is 0.335 e. The first-order valence-electron chi connectivity index (χ1n) is 13.9. The molecule has 0 aliphatic heterocycles. The van der Waals surface area contributed by atoms with Crippen LogP contribution >= 0.6 is 0 Å². The second kappa shape index (κ2) is 31.2. The van der Waals surface area contributed by atoms with Crippen LogP contribution in [-0.4, -0.2) is 271 Å². The average molecular weight is 876 g/mol. The van der Waals surface area contributed by atoms with Crippen molar-refractivity contribution >= 4 is 23.9 Å². The van der Waals surface area contributed by atoms with Crippen LogP contribution in [0.1, 0.15) is 0 Å². The number of carboxylic acid groups (broad SMARTS) is 4. The molecular formula is C24H48O28Zr. The number of hydrogen-bond donors (Lipinski definition) is 24. The Kier molecular flexibility index (Phi) is 35.4. The number of carboxylic acids is 4. The van der Waals surface area contributed by atoms with E-state index in [-0.39, 0.29) is 26.2 Å². The van der Waals surface area contributed by atoms with E-state index in [1.54, 1.807) is 0 Å². The van der Waals surface area contributed by atoms with Crippen molar-refractivity contribution in [3.8, 4) is 0 Å². The number of rotatable bonds is 20. The van der Waals surface area contributed by atoms with E-state index in [0.717, 1.165) is 0 Å². The predicted octanol–water partition coefficient (Wildman–Crippen LogP) is -14.0. The fraction of sp³-hybridized carbons (Fsp3) is 0.833. The van der Waals surface area contributed by atoms with Gasteiger partial charge < -0.3 is 123 Å². The summed E-state index contributed by atoms with van der Waals surface area (Å²) in [5.74, 6) is -6.90. The van der Waals surface area contributed by atoms with Gasteiger partial charge in [-0.2, -0.15) is 0 Å². The molecule has 0 bridgehead atoms. The second-order valence-electron chi connectivity index (χ2n) is 10.1. The molecule has 0 rings (SSSR count). The monoisotopic (exact) mass is 874 g/mol. The van der Waals surface area contributed by atoms with E-state index in [1.807, 2.05) is 0 Å². The Balaban J connectivity index is -0.000000192. The van der Waals surface area contributed by atoms with Crippen LogP contribution in [0.25, 0.3) is 0 Å². The molecule has 316 valence electrons. The van der Waals surface area contributed by atoms with E-state index in [4.69, 9.17) is 123 Å². The maximum Gasteiger partial charge on any atom is 0.335 e. The van der Waals surface area contributed by atoms with Gasteiger partial charge in [0.05, 0.1) is 26.4 Å². The van der Waals surface area contributed by atoms with Crippen LogP contribution in [0.5, 0.6) is 0 Å². The summed E-state index contributed by atoms with van der Waals surface area (Å²) < 4.78 is 0. The first kappa shape index (κ1) is 60.2. The van der Waals surface area contributed by atoms with Gasteiger partial charge in [0.1, 0.15) is 73.2 Å². The third kappa shape index (κ3) is 23.5. The molecule has 0 radical (unpaired) electrons. The van der Waals surface area contributed by atoms with Crippen molar-refractivity contribution < 1.29 is 168 Å². The van der Waals surface area contributed by atoms with Gasteiger partial charge in [-0.25, -0.2) is 19.2 Å². The van der Waals surface area contributed by atoms with E-state index in [9.17, 15) is 19.2 Å². The third-order valence-electron chi connectivity index (χ3n) is 6.03. The Morgan fingerprint density at radius 3 is 0.472 bits per heavy atom. The molecular weight excluding hydrogens is 827 g/mol. The molecule has 0 saturated carbocycles. The molecule has 0 aliphatic carbocycles. The second-order valence-corrected chi connectivity index (χ2v) is 10.1. The van der Waals surface area contributed by atoms with Crippen LogP contribution < -0.4 is 0 Å². The summed E-state index contributed by atoms with van der Waals surface area (Å²) in [6.07, 6.45) is -31.3. The molecule has 24 N–H and O–H groups in total. The average Bonchev–Trinajstić information content (AvgIpc) is 3.12. The molecule has 0 heterocycles. The molecule has 0 aromatic rings. The van der Waals surface area contributed by atoms with Crippen molar-refractivity contribution in [3.05, 3.63) is 0 Å². The predicted molar refractivity (Wildman–Crippen MR) is 155 cm³/mol. The molecule has 0 unspecified atom stereocenters. The van der Waals surface area contributed by atoms with Gasteiger partial charge in [-0.15, -0.1) is 0 Å². The van der Waals surface area contributed by atoms with E-state index < -0.39 is 148 Å². The van der Waals surface area contributed by atoms with Gasteiger partial charge in [-0.1, -0.05) is 0 Å². The molecule has 0 fully saturated rings. The molecule has 28 nitrogen and oxygen atoms in total. The summed E-state index contributed by atoms with van der Waals surface area (Å²) in [5, 5.41) is 207. The van der Waals surface area contributed by atoms with Gasteiger partial charge >= 0.3 is 23.9 Å². The Bertz CT molecular complexity index is 841. The topological polar surface area (TPSA) is 554 Å². The van der Waals surface area contributed by atoms with E-state index >= 15 is 0 Å². The molecule has 0 aromatic carbocycles. The van der Waals surface area contributed by atoms with Gasteiger partial charge in [0.2, 0.25) is 0 Å². The summed E-state index contributed by atoms with van der Waals surface area (Å²) in [6.45, 7) is -3.37. The fourth-order valence-corrected chi connectivity index (χ4v) is 2.67. The molecule has 0 saturated heterocycles. The summed E-state index contributed by atoms with van der Waals surface area (Å²) >= 11 is 0. The Labute approximate surface area is 315 Å². The minimum atomic E-state index is -2.20. The van der Waals surface area contributed by atoms with E-state index in [2.05, 4.69) is 0 Å². The Hall–Kier alpha value is -2.04. The van der Waals surface area contributed by atoms with Gasteiger partial charge in [0.15, 0.2) is 24.4 Å². The number of aliphatic hydroxyl groups excluding tert-OH is 20. The first-order valence-corrected chi connectivity index (χ1v) is 13.9. The number of aliphatic carboxylic acids is 4. The van der Waals surface area contributed by atoms with Crippen LogP contribution in [-0.2, 0) is 45.4 Å². The zero-order valence-corrected chi connectivity index (χ0v) is 29.4. The van der Waals surface area contributed by atoms with Crippen LogP contribution in [0.3, 0.4) is 0 Å². The maximum absolute atomic E-state index is 10.1. The standard InChI is InChI=1S/4C6H12O7.Zr/c4*7-1-2(8)3(9)4(10)5(11)6(12)13;/h4*2-5,7-11H,1H2,(H,12,13);/t4*2-,3-,4+,5-;/m1111./s1. The summed E-state index contributed by atoms with van der Waals surface area (Å²) in [6, 6.07) is 0. The number of hydrogen-bond acceptors (Lipinski definition) is 24. The Morgan fingerprint density at radius 1 is 0.283 bits per heavy atom. The van der Waals surface area contributed by atoms with E-state index in [0.29, 0.717) is 0 Å². The molecule has 53 heavy (non-hydrogen) atoms. The van der Waals surface area contributed by atoms with E-state index in [1.165, 1.54) is 0 Å². The van der Waals surface area contributed by atoms with Gasteiger partial charge in [0.25, 0.3) is 0 Å². The quantitative estimate of drug-likeness (QED) is 0.0540. The van der Waals surface area contributed by atoms with Crippen molar-refractivity contribution in [2.45, 2.75) is 97.7 Å². The summed E-state index contributed by atoms with van der Waals surface area (Å²) in [7, 11) is 0. The van der Waals surface area contributed by atoms with Gasteiger partial charge in [0, 0.05) is 26.2 Å². The largest absolute Gasteiger partial charge is 0.479 e. The summed E-state index contributed by atoms with van der Waals surface area (Å²) in [5.41, 5.74) is 0. The van der Waals surface area contributed by atoms with Crippen molar-refractivity contribution in [3.63, 3.8) is 0 Å². The van der Waals surface area contributed by atoms with Crippen molar-refractivity contribution in [1.29, 1.82) is 0 Å². The minimum Gasteiger partial charge on any atom is -0.479 e. The van der Waals surface area contributed by atoms with Crippen molar-refractivity contribution in [1.82, 2.24) is 0 Å². The fourth-order valence-electron chi connectivity index (χ4n) is 2.67. The molecule has 29 heteroatoms. The molecule has 0 aliphatic rings. The normalized spacial score (nSPS) is 20.0. The zero-order valence-electron chi connectivity index (χ0n) is 26.9. The number of aliphatic hydroxyl groups is 20. The molecule has 0 aromatic heterocycles. The SMILES string of the molecule is O=C(O)[C@H](O)[C@@H](O)[C@H](O)[C@H](O)CO.O=C(O)[C@H](O)[C@@H](O)[C@H](O)[C@H](O)CO.O=C(O)[C@H](O)[C@@H](O)[C@H](O)[C@H](O)CO.O=C(O)[C@H](O)[C@@H](O)[C@H](O)[C@H](O)CO.[Zr]. The molecule has 0 amide bonds. The van der Waals surface area contributed by atoms with Crippen LogP contribution in [0, 0.1) is 0 Å². The maximum atomic E-state index is 10.1. The zero-order chi connectivity index (χ0) is 42.4. The third-order valence-corrected chi connectivity index (χ3v) is 6.03. The van der Waals surface area contributed by atoms with Crippen LogP contribution in [0.4, 0.5) is 0 Å². The minimum absolute atomic E-state index is 0. The molecule has 16 atom stereocenters. The molecule has 0 spiro atoms. The summed E-state index contributed by atoms with van der Waals surface area (Å²) in [4.78, 5) is 40.4. The first-order chi connectivity index (χ1) is 23.7. The Morgan fingerprint density at radius 2 is 0.396 bits per heavy atom. The van der Waals surface area contributed by atoms with Crippen molar-refractivity contribution in [2.24, 2.45) is 0 Å². The van der Waals surface area contributed by atoms with Gasteiger partial charge in [-0.3, -0.25) is 0 Å². The van der Waals surface area contributed by atoms with Crippen LogP contribution in [0.15, 0.2) is 0 Å². The van der Waals surface area contributed by atoms with Crippen LogP contribution in [0.2, 0.25) is 0 Å².